The van der Waals surface area contributed by atoms with Crippen LogP contribution in [0.25, 0.3) is 0 Å². The van der Waals surface area contributed by atoms with Crippen molar-refractivity contribution in [3.05, 3.63) is 60.2 Å². The van der Waals surface area contributed by atoms with Gasteiger partial charge in [-0.05, 0) is 24.1 Å². The molecule has 0 heterocycles. The maximum absolute atomic E-state index is 12.0. The Morgan fingerprint density at radius 2 is 1.68 bits per heavy atom. The summed E-state index contributed by atoms with van der Waals surface area (Å²) in [5.74, 6) is -0.0581. The van der Waals surface area contributed by atoms with Crippen LogP contribution >= 0.6 is 0 Å². The van der Waals surface area contributed by atoms with E-state index in [1.165, 1.54) is 0 Å². The molecule has 0 fully saturated rings. The highest BCUT2D eigenvalue weighted by atomic mass is 16.5. The monoisotopic (exact) mass is 297 g/mol. The number of rotatable bonds is 6. The summed E-state index contributed by atoms with van der Waals surface area (Å²) >= 11 is 0. The van der Waals surface area contributed by atoms with Gasteiger partial charge in [0.1, 0.15) is 0 Å². The van der Waals surface area contributed by atoms with Crippen LogP contribution in [-0.4, -0.2) is 11.9 Å². The van der Waals surface area contributed by atoms with Crippen molar-refractivity contribution in [3.63, 3.8) is 0 Å². The van der Waals surface area contributed by atoms with E-state index in [0.717, 1.165) is 5.56 Å². The second-order valence-corrected chi connectivity index (χ2v) is 4.86. The van der Waals surface area contributed by atoms with Gasteiger partial charge in [0.15, 0.2) is 5.75 Å². The second-order valence-electron chi connectivity index (χ2n) is 4.86. The minimum absolute atomic E-state index is 0.108. The highest BCUT2D eigenvalue weighted by molar-refractivity contribution is 5.93. The van der Waals surface area contributed by atoms with Crippen LogP contribution in [0.4, 0.5) is 5.69 Å². The molecule has 0 aromatic heterocycles. The molecule has 0 saturated heterocycles. The van der Waals surface area contributed by atoms with Crippen LogP contribution in [0, 0.1) is 0 Å². The van der Waals surface area contributed by atoms with Crippen LogP contribution in [0.3, 0.4) is 0 Å². The Hall–Kier alpha value is -2.62. The predicted octanol–water partition coefficient (Wildman–Crippen LogP) is 3.57. The third-order valence-electron chi connectivity index (χ3n) is 3.16. The fourth-order valence-electron chi connectivity index (χ4n) is 1.97. The largest absolute Gasteiger partial charge is 0.424 e. The number of benzene rings is 2. The van der Waals surface area contributed by atoms with Gasteiger partial charge >= 0.3 is 5.97 Å². The molecule has 2 rings (SSSR count). The number of para-hydroxylation sites is 2. The van der Waals surface area contributed by atoms with E-state index in [1.54, 1.807) is 31.2 Å². The maximum atomic E-state index is 12.0. The smallest absolute Gasteiger partial charge is 0.310 e. The quantitative estimate of drug-likeness (QED) is 0.655. The zero-order valence-electron chi connectivity index (χ0n) is 12.5. The lowest BCUT2D eigenvalue weighted by Crippen LogP contribution is -2.14. The SMILES string of the molecule is CCC(=O)Oc1ccccc1NC(=O)CCc1ccccc1. The molecule has 0 radical (unpaired) electrons. The number of amides is 1. The molecule has 0 saturated carbocycles. The van der Waals surface area contributed by atoms with E-state index in [9.17, 15) is 9.59 Å². The molecular weight excluding hydrogens is 278 g/mol. The summed E-state index contributed by atoms with van der Waals surface area (Å²) in [6.07, 6.45) is 1.33. The van der Waals surface area contributed by atoms with Crippen molar-refractivity contribution in [3.8, 4) is 5.75 Å². The number of nitrogens with one attached hydrogen (secondary N) is 1. The summed E-state index contributed by atoms with van der Waals surface area (Å²) in [4.78, 5) is 23.4. The number of ether oxygens (including phenoxy) is 1. The molecule has 1 amide bonds. The number of aryl methyl sites for hydroxylation is 1. The minimum atomic E-state index is -0.328. The predicted molar refractivity (Wildman–Crippen MR) is 85.8 cm³/mol. The van der Waals surface area contributed by atoms with E-state index in [0.29, 0.717) is 24.3 Å². The lowest BCUT2D eigenvalue weighted by molar-refractivity contribution is -0.134. The van der Waals surface area contributed by atoms with Gasteiger partial charge in [0.25, 0.3) is 0 Å². The first kappa shape index (κ1) is 15.8. The number of carbonyl (C=O) groups excluding carboxylic acids is 2. The van der Waals surface area contributed by atoms with Crippen molar-refractivity contribution in [2.45, 2.75) is 26.2 Å². The van der Waals surface area contributed by atoms with E-state index in [-0.39, 0.29) is 18.3 Å². The topological polar surface area (TPSA) is 55.4 Å². The van der Waals surface area contributed by atoms with Gasteiger partial charge < -0.3 is 10.1 Å². The average Bonchev–Trinajstić information content (AvgIpc) is 2.55. The van der Waals surface area contributed by atoms with Crippen LogP contribution in [-0.2, 0) is 16.0 Å². The molecule has 114 valence electrons. The Balaban J connectivity index is 1.95. The van der Waals surface area contributed by atoms with Gasteiger partial charge in [-0.2, -0.15) is 0 Å². The van der Waals surface area contributed by atoms with Crippen LogP contribution in [0.5, 0.6) is 5.75 Å². The Labute approximate surface area is 130 Å². The van der Waals surface area contributed by atoms with Gasteiger partial charge in [0, 0.05) is 12.8 Å². The molecule has 0 aliphatic rings. The van der Waals surface area contributed by atoms with Crippen molar-refractivity contribution in [2.24, 2.45) is 0 Å². The molecule has 0 atom stereocenters. The third kappa shape index (κ3) is 4.74. The molecular formula is C18H19NO3. The molecule has 22 heavy (non-hydrogen) atoms. The highest BCUT2D eigenvalue weighted by Crippen LogP contribution is 2.24. The van der Waals surface area contributed by atoms with E-state index in [2.05, 4.69) is 5.32 Å². The molecule has 0 bridgehead atoms. The fraction of sp³-hybridized carbons (Fsp3) is 0.222. The van der Waals surface area contributed by atoms with Crippen molar-refractivity contribution < 1.29 is 14.3 Å². The number of esters is 1. The van der Waals surface area contributed by atoms with Gasteiger partial charge in [-0.3, -0.25) is 9.59 Å². The Bertz CT molecular complexity index is 638. The zero-order valence-corrected chi connectivity index (χ0v) is 12.5. The summed E-state index contributed by atoms with van der Waals surface area (Å²) < 4.78 is 5.20. The van der Waals surface area contributed by atoms with Crippen LogP contribution in [0.1, 0.15) is 25.3 Å². The first-order valence-corrected chi connectivity index (χ1v) is 7.32. The average molecular weight is 297 g/mol. The zero-order chi connectivity index (χ0) is 15.8. The van der Waals surface area contributed by atoms with E-state index >= 15 is 0 Å². The molecule has 0 aliphatic heterocycles. The van der Waals surface area contributed by atoms with E-state index < -0.39 is 0 Å². The number of hydrogen-bond acceptors (Lipinski definition) is 3. The molecule has 2 aromatic carbocycles. The van der Waals surface area contributed by atoms with Gasteiger partial charge in [-0.25, -0.2) is 0 Å². The first-order valence-electron chi connectivity index (χ1n) is 7.32. The van der Waals surface area contributed by atoms with Gasteiger partial charge in [0.05, 0.1) is 5.69 Å². The molecule has 0 spiro atoms. The molecule has 0 unspecified atom stereocenters. The third-order valence-corrected chi connectivity index (χ3v) is 3.16. The summed E-state index contributed by atoms with van der Waals surface area (Å²) in [6.45, 7) is 1.73. The van der Waals surface area contributed by atoms with E-state index in [1.807, 2.05) is 30.3 Å². The molecule has 4 nitrogen and oxygen atoms in total. The van der Waals surface area contributed by atoms with Gasteiger partial charge in [0.2, 0.25) is 5.91 Å². The minimum Gasteiger partial charge on any atom is -0.424 e. The fourth-order valence-corrected chi connectivity index (χ4v) is 1.97. The molecule has 1 N–H and O–H groups in total. The highest BCUT2D eigenvalue weighted by Gasteiger charge is 2.10. The van der Waals surface area contributed by atoms with Crippen molar-refractivity contribution in [1.29, 1.82) is 0 Å². The standard InChI is InChI=1S/C18H19NO3/c1-2-18(21)22-16-11-7-6-10-15(16)19-17(20)13-12-14-8-4-3-5-9-14/h3-11H,2,12-13H2,1H3,(H,19,20). The Kier molecular flexibility index (Phi) is 5.72. The molecule has 4 heteroatoms. The maximum Gasteiger partial charge on any atom is 0.310 e. The molecule has 2 aromatic rings. The van der Waals surface area contributed by atoms with Crippen LogP contribution in [0.15, 0.2) is 54.6 Å². The van der Waals surface area contributed by atoms with Crippen molar-refractivity contribution >= 4 is 17.6 Å². The first-order chi connectivity index (χ1) is 10.7. The number of carbonyl (C=O) groups is 2. The number of hydrogen-bond donors (Lipinski definition) is 1. The lowest BCUT2D eigenvalue weighted by atomic mass is 10.1. The Morgan fingerprint density at radius 1 is 1.00 bits per heavy atom. The summed E-state index contributed by atoms with van der Waals surface area (Å²) in [7, 11) is 0. The molecule has 0 aliphatic carbocycles. The van der Waals surface area contributed by atoms with Crippen molar-refractivity contribution in [1.82, 2.24) is 0 Å². The van der Waals surface area contributed by atoms with E-state index in [4.69, 9.17) is 4.74 Å². The lowest BCUT2D eigenvalue weighted by Gasteiger charge is -2.10. The van der Waals surface area contributed by atoms with Crippen LogP contribution in [0.2, 0.25) is 0 Å². The summed E-state index contributed by atoms with van der Waals surface area (Å²) in [6, 6.07) is 16.8. The number of anilines is 1. The van der Waals surface area contributed by atoms with Gasteiger partial charge in [-0.15, -0.1) is 0 Å². The summed E-state index contributed by atoms with van der Waals surface area (Å²) in [5, 5.41) is 2.79. The van der Waals surface area contributed by atoms with Crippen LogP contribution < -0.4 is 10.1 Å². The Morgan fingerprint density at radius 3 is 2.41 bits per heavy atom. The summed E-state index contributed by atoms with van der Waals surface area (Å²) in [5.41, 5.74) is 1.63. The van der Waals surface area contributed by atoms with Gasteiger partial charge in [-0.1, -0.05) is 49.4 Å². The normalized spacial score (nSPS) is 10.0. The second kappa shape index (κ2) is 7.98. The van der Waals surface area contributed by atoms with Crippen molar-refractivity contribution in [2.75, 3.05) is 5.32 Å².